The summed E-state index contributed by atoms with van der Waals surface area (Å²) in [6.45, 7) is 2.18. The van der Waals surface area contributed by atoms with Crippen molar-refractivity contribution in [3.8, 4) is 0 Å². The molecule has 2 rings (SSSR count). The first-order valence-corrected chi connectivity index (χ1v) is 6.31. The molecule has 4 nitrogen and oxygen atoms in total. The Balaban J connectivity index is 2.31. The highest BCUT2D eigenvalue weighted by Crippen LogP contribution is 2.32. The van der Waals surface area contributed by atoms with E-state index < -0.39 is 24.0 Å². The number of carbonyl (C=O) groups excluding carboxylic acids is 1. The third kappa shape index (κ3) is 2.80. The molecule has 19 heavy (non-hydrogen) atoms. The number of amides is 1. The lowest BCUT2D eigenvalue weighted by atomic mass is 9.91. The molecular weight excluding hydrogens is 242 g/mol. The van der Waals surface area contributed by atoms with Gasteiger partial charge in [-0.05, 0) is 5.56 Å². The van der Waals surface area contributed by atoms with Crippen molar-refractivity contribution < 1.29 is 17.0 Å². The van der Waals surface area contributed by atoms with Crippen molar-refractivity contribution >= 4 is 5.91 Å². The second kappa shape index (κ2) is 5.72. The Labute approximate surface area is 117 Å². The highest BCUT2D eigenvalue weighted by Gasteiger charge is 2.44. The molecule has 0 aliphatic carbocycles. The average molecular weight is 265 g/mol. The van der Waals surface area contributed by atoms with Gasteiger partial charge in [0.1, 0.15) is 0 Å². The molecule has 1 aliphatic heterocycles. The lowest BCUT2D eigenvalue weighted by Gasteiger charge is -2.44. The van der Waals surface area contributed by atoms with Gasteiger partial charge in [-0.3, -0.25) is 4.79 Å². The van der Waals surface area contributed by atoms with E-state index >= 15 is 0 Å². The zero-order chi connectivity index (χ0) is 15.7. The molecule has 1 atom stereocenters. The number of ether oxygens (including phenoxy) is 2. The Morgan fingerprint density at radius 2 is 2.00 bits per heavy atom. The van der Waals surface area contributed by atoms with Gasteiger partial charge in [-0.1, -0.05) is 37.3 Å². The van der Waals surface area contributed by atoms with Gasteiger partial charge < -0.3 is 14.4 Å². The van der Waals surface area contributed by atoms with Gasteiger partial charge in [0.15, 0.2) is 5.79 Å². The number of rotatable bonds is 4. The van der Waals surface area contributed by atoms with Gasteiger partial charge in [-0.25, -0.2) is 0 Å². The Bertz CT molecular complexity index is 503. The Kier molecular flexibility index (Phi) is 3.44. The SMILES string of the molecule is [2H]C1([2H])C(=O)N(Cc2ccccc2)CC(OC)(OC)C1C. The smallest absolute Gasteiger partial charge is 0.223 e. The summed E-state index contributed by atoms with van der Waals surface area (Å²) in [5.74, 6) is -2.35. The number of hydrogen-bond donors (Lipinski definition) is 0. The first-order chi connectivity index (χ1) is 9.87. The first-order valence-electron chi connectivity index (χ1n) is 7.31. The molecule has 0 spiro atoms. The molecular formula is C15H21NO3. The van der Waals surface area contributed by atoms with Crippen LogP contribution in [0.15, 0.2) is 30.3 Å². The number of piperidine rings is 1. The van der Waals surface area contributed by atoms with Crippen molar-refractivity contribution in [2.45, 2.75) is 25.6 Å². The number of methoxy groups -OCH3 is 2. The molecule has 1 fully saturated rings. The van der Waals surface area contributed by atoms with E-state index in [0.29, 0.717) is 6.54 Å². The van der Waals surface area contributed by atoms with E-state index in [1.54, 1.807) is 6.92 Å². The topological polar surface area (TPSA) is 38.8 Å². The third-order valence-electron chi connectivity index (χ3n) is 3.61. The van der Waals surface area contributed by atoms with E-state index in [-0.39, 0.29) is 6.54 Å². The predicted octanol–water partition coefficient (Wildman–Crippen LogP) is 2.04. The van der Waals surface area contributed by atoms with Crippen LogP contribution in [-0.4, -0.2) is 37.4 Å². The molecule has 1 unspecified atom stereocenters. The van der Waals surface area contributed by atoms with Crippen molar-refractivity contribution in [3.05, 3.63) is 35.9 Å². The van der Waals surface area contributed by atoms with Crippen LogP contribution in [0, 0.1) is 5.92 Å². The standard InChI is InChI=1S/C15H21NO3/c1-12-9-14(17)16(11-15(12,18-2)19-3)10-13-7-5-4-6-8-13/h4-8,12H,9-11H2,1-3H3/i9D2. The van der Waals surface area contributed by atoms with Crippen LogP contribution in [0.4, 0.5) is 0 Å². The second-order valence-corrected chi connectivity index (χ2v) is 4.73. The zero-order valence-electron chi connectivity index (χ0n) is 13.6. The maximum atomic E-state index is 12.4. The number of carbonyl (C=O) groups is 1. The summed E-state index contributed by atoms with van der Waals surface area (Å²) in [5, 5.41) is 0. The molecule has 4 heteroatoms. The van der Waals surface area contributed by atoms with Crippen LogP contribution in [-0.2, 0) is 20.8 Å². The number of benzene rings is 1. The van der Waals surface area contributed by atoms with Gasteiger partial charge in [0.2, 0.25) is 5.91 Å². The molecule has 0 saturated carbocycles. The molecule has 0 bridgehead atoms. The number of likely N-dealkylation sites (tertiary alicyclic amines) is 1. The summed E-state index contributed by atoms with van der Waals surface area (Å²) in [7, 11) is 2.96. The van der Waals surface area contributed by atoms with Gasteiger partial charge in [0, 0.05) is 35.8 Å². The average Bonchev–Trinajstić information content (AvgIpc) is 2.50. The van der Waals surface area contributed by atoms with E-state index in [4.69, 9.17) is 12.2 Å². The summed E-state index contributed by atoms with van der Waals surface area (Å²) in [6.07, 6.45) is -2.03. The Morgan fingerprint density at radius 1 is 1.37 bits per heavy atom. The normalized spacial score (nSPS) is 26.8. The molecule has 1 heterocycles. The molecule has 1 aromatic carbocycles. The van der Waals surface area contributed by atoms with Crippen LogP contribution >= 0.6 is 0 Å². The fourth-order valence-corrected chi connectivity index (χ4v) is 2.36. The monoisotopic (exact) mass is 265 g/mol. The van der Waals surface area contributed by atoms with Gasteiger partial charge in [0.05, 0.1) is 6.54 Å². The fourth-order valence-electron chi connectivity index (χ4n) is 2.36. The van der Waals surface area contributed by atoms with Gasteiger partial charge in [-0.15, -0.1) is 0 Å². The van der Waals surface area contributed by atoms with Gasteiger partial charge >= 0.3 is 0 Å². The molecule has 0 radical (unpaired) electrons. The van der Waals surface area contributed by atoms with Crippen LogP contribution in [0.1, 0.15) is 21.6 Å². The highest BCUT2D eigenvalue weighted by molar-refractivity contribution is 5.77. The van der Waals surface area contributed by atoms with E-state index in [9.17, 15) is 4.79 Å². The van der Waals surface area contributed by atoms with Crippen LogP contribution in [0.5, 0.6) is 0 Å². The predicted molar refractivity (Wildman–Crippen MR) is 72.4 cm³/mol. The van der Waals surface area contributed by atoms with Gasteiger partial charge in [-0.2, -0.15) is 0 Å². The minimum Gasteiger partial charge on any atom is -0.351 e. The highest BCUT2D eigenvalue weighted by atomic mass is 16.7. The fraction of sp³-hybridized carbons (Fsp3) is 0.533. The summed E-state index contributed by atoms with van der Waals surface area (Å²) in [6, 6.07) is 9.49. The van der Waals surface area contributed by atoms with Crippen molar-refractivity contribution in [3.63, 3.8) is 0 Å². The second-order valence-electron chi connectivity index (χ2n) is 4.73. The van der Waals surface area contributed by atoms with Gasteiger partial charge in [0.25, 0.3) is 0 Å². The van der Waals surface area contributed by atoms with E-state index in [1.165, 1.54) is 19.1 Å². The molecule has 1 saturated heterocycles. The van der Waals surface area contributed by atoms with E-state index in [2.05, 4.69) is 0 Å². The van der Waals surface area contributed by atoms with Crippen LogP contribution in [0.3, 0.4) is 0 Å². The zero-order valence-corrected chi connectivity index (χ0v) is 11.6. The maximum Gasteiger partial charge on any atom is 0.223 e. The lowest BCUT2D eigenvalue weighted by Crippen LogP contribution is -2.57. The molecule has 1 amide bonds. The summed E-state index contributed by atoms with van der Waals surface area (Å²) in [4.78, 5) is 13.9. The molecule has 0 aromatic heterocycles. The van der Waals surface area contributed by atoms with Crippen LogP contribution in [0.2, 0.25) is 0 Å². The molecule has 104 valence electrons. The Hall–Kier alpha value is -1.39. The summed E-state index contributed by atoms with van der Waals surface area (Å²) >= 11 is 0. The first kappa shape index (κ1) is 11.4. The lowest BCUT2D eigenvalue weighted by molar-refractivity contribution is -0.256. The summed E-state index contributed by atoms with van der Waals surface area (Å²) in [5.41, 5.74) is 0.942. The van der Waals surface area contributed by atoms with E-state index in [1.807, 2.05) is 30.3 Å². The molecule has 1 aliphatic rings. The third-order valence-corrected chi connectivity index (χ3v) is 3.61. The molecule has 1 aromatic rings. The van der Waals surface area contributed by atoms with Crippen molar-refractivity contribution in [1.82, 2.24) is 4.90 Å². The summed E-state index contributed by atoms with van der Waals surface area (Å²) < 4.78 is 27.1. The van der Waals surface area contributed by atoms with Crippen molar-refractivity contribution in [1.29, 1.82) is 0 Å². The van der Waals surface area contributed by atoms with Crippen LogP contribution in [0.25, 0.3) is 0 Å². The van der Waals surface area contributed by atoms with Crippen molar-refractivity contribution in [2.24, 2.45) is 5.92 Å². The minimum absolute atomic E-state index is 0.203. The van der Waals surface area contributed by atoms with Crippen LogP contribution < -0.4 is 0 Å². The number of nitrogens with zero attached hydrogens (tertiary/aromatic N) is 1. The van der Waals surface area contributed by atoms with E-state index in [0.717, 1.165) is 5.56 Å². The minimum atomic E-state index is -2.03. The van der Waals surface area contributed by atoms with Crippen molar-refractivity contribution in [2.75, 3.05) is 20.8 Å². The maximum absolute atomic E-state index is 12.4. The molecule has 0 N–H and O–H groups in total. The number of hydrogen-bond acceptors (Lipinski definition) is 3. The quantitative estimate of drug-likeness (QED) is 0.782. The largest absolute Gasteiger partial charge is 0.351 e. The Morgan fingerprint density at radius 3 is 2.58 bits per heavy atom.